The summed E-state index contributed by atoms with van der Waals surface area (Å²) >= 11 is 3.83. The van der Waals surface area contributed by atoms with E-state index in [-0.39, 0.29) is 5.41 Å². The van der Waals surface area contributed by atoms with Gasteiger partial charge in [-0.3, -0.25) is 0 Å². The second-order valence-corrected chi connectivity index (χ2v) is 20.1. The highest BCUT2D eigenvalue weighted by molar-refractivity contribution is 7.25. The lowest BCUT2D eigenvalue weighted by Crippen LogP contribution is -2.36. The van der Waals surface area contributed by atoms with Crippen molar-refractivity contribution in [3.05, 3.63) is 239 Å². The first kappa shape index (κ1) is 36.3. The van der Waals surface area contributed by atoms with Crippen molar-refractivity contribution in [1.82, 2.24) is 0 Å². The molecule has 0 N–H and O–H groups in total. The van der Waals surface area contributed by atoms with Gasteiger partial charge in [0.1, 0.15) is 0 Å². The third-order valence-corrected chi connectivity index (χ3v) is 17.0. The SMILES string of the molecule is CC1(C)c2cc(N(c3ccc4c(c3)C3(c5ccccc5-c5ccccc53)c3ccccc3N4c3ccccc3)c3ccc4c(c3)sc3ccccc34)ccc2-c2c1sc1ccccc21. The minimum atomic E-state index is -0.559. The number of nitrogens with zero attached hydrogens (tertiary/aromatic N) is 2. The number of hydrogen-bond donors (Lipinski definition) is 0. The average Bonchev–Trinajstić information content (AvgIpc) is 4.06. The smallest absolute Gasteiger partial charge is 0.0755 e. The monoisotopic (exact) mass is 852 g/mol. The molecule has 302 valence electrons. The molecule has 0 radical (unpaired) electrons. The second kappa shape index (κ2) is 13.2. The topological polar surface area (TPSA) is 6.48 Å². The van der Waals surface area contributed by atoms with Gasteiger partial charge in [-0.25, -0.2) is 0 Å². The summed E-state index contributed by atoms with van der Waals surface area (Å²) in [4.78, 5) is 6.46. The molecule has 0 unspecified atom stereocenters. The lowest BCUT2D eigenvalue weighted by Gasteiger charge is -2.45. The molecular formula is C60H40N2S2. The highest BCUT2D eigenvalue weighted by atomic mass is 32.1. The van der Waals surface area contributed by atoms with Gasteiger partial charge in [0, 0.05) is 68.9 Å². The number of rotatable bonds is 4. The van der Waals surface area contributed by atoms with E-state index in [2.05, 4.69) is 230 Å². The molecule has 0 saturated heterocycles. The van der Waals surface area contributed by atoms with Gasteiger partial charge >= 0.3 is 0 Å². The van der Waals surface area contributed by atoms with Crippen molar-refractivity contribution in [1.29, 1.82) is 0 Å². The van der Waals surface area contributed by atoms with Crippen LogP contribution in [0.4, 0.5) is 34.1 Å². The second-order valence-electron chi connectivity index (χ2n) is 18.0. The van der Waals surface area contributed by atoms with Crippen LogP contribution in [0.3, 0.4) is 0 Å². The summed E-state index contributed by atoms with van der Waals surface area (Å²) in [6.45, 7) is 4.83. The molecule has 1 spiro atoms. The minimum Gasteiger partial charge on any atom is -0.310 e. The predicted molar refractivity (Wildman–Crippen MR) is 273 cm³/mol. The first-order valence-corrected chi connectivity index (χ1v) is 23.8. The first-order chi connectivity index (χ1) is 31.5. The summed E-state index contributed by atoms with van der Waals surface area (Å²) in [5.74, 6) is 0. The number of fused-ring (bicyclic) bond motifs is 17. The normalized spacial score (nSPS) is 14.6. The van der Waals surface area contributed by atoms with Crippen LogP contribution in [-0.4, -0.2) is 0 Å². The quantitative estimate of drug-likeness (QED) is 0.174. The fourth-order valence-corrected chi connectivity index (χ4v) is 14.1. The minimum absolute atomic E-state index is 0.150. The van der Waals surface area contributed by atoms with Gasteiger partial charge in [-0.2, -0.15) is 0 Å². The van der Waals surface area contributed by atoms with Crippen LogP contribution in [0.1, 0.15) is 46.5 Å². The molecular weight excluding hydrogens is 813 g/mol. The molecule has 0 fully saturated rings. The Balaban J connectivity index is 1.06. The van der Waals surface area contributed by atoms with Crippen LogP contribution in [0.25, 0.3) is 52.5 Å². The number of hydrogen-bond acceptors (Lipinski definition) is 4. The molecule has 0 saturated carbocycles. The Bertz CT molecular complexity index is 3690. The van der Waals surface area contributed by atoms with Crippen molar-refractivity contribution >= 4 is 87.1 Å². The van der Waals surface area contributed by atoms with Gasteiger partial charge in [-0.1, -0.05) is 147 Å². The highest BCUT2D eigenvalue weighted by Gasteiger charge is 2.52. The highest BCUT2D eigenvalue weighted by Crippen LogP contribution is 2.64. The molecule has 11 aromatic rings. The fraction of sp³-hybridized carbons (Fsp3) is 0.0667. The maximum absolute atomic E-state index is 2.53. The Hall–Kier alpha value is -7.24. The van der Waals surface area contributed by atoms with Gasteiger partial charge in [0.25, 0.3) is 0 Å². The molecule has 14 rings (SSSR count). The summed E-state index contributed by atoms with van der Waals surface area (Å²) in [5.41, 5.74) is 18.2. The number of anilines is 6. The van der Waals surface area contributed by atoms with E-state index < -0.39 is 5.41 Å². The zero-order valence-corrected chi connectivity index (χ0v) is 37.0. The number of thiophene rings is 2. The van der Waals surface area contributed by atoms with Crippen LogP contribution in [0.5, 0.6) is 0 Å². The van der Waals surface area contributed by atoms with E-state index >= 15 is 0 Å². The summed E-state index contributed by atoms with van der Waals surface area (Å²) in [5, 5.41) is 3.97. The lowest BCUT2D eigenvalue weighted by molar-refractivity contribution is 0.674. The molecule has 4 heteroatoms. The first-order valence-electron chi connectivity index (χ1n) is 22.2. The summed E-state index contributed by atoms with van der Waals surface area (Å²) in [6, 6.07) is 77.6. The largest absolute Gasteiger partial charge is 0.310 e. The number of para-hydroxylation sites is 2. The Morgan fingerprint density at radius 2 is 0.938 bits per heavy atom. The van der Waals surface area contributed by atoms with E-state index in [4.69, 9.17) is 0 Å². The Labute approximate surface area is 380 Å². The Kier molecular flexibility index (Phi) is 7.45. The average molecular weight is 853 g/mol. The summed E-state index contributed by atoms with van der Waals surface area (Å²) < 4.78 is 3.96. The molecule has 0 amide bonds. The molecule has 3 heterocycles. The van der Waals surface area contributed by atoms with Crippen LogP contribution in [0.2, 0.25) is 0 Å². The lowest BCUT2D eigenvalue weighted by atomic mass is 9.64. The fourth-order valence-electron chi connectivity index (χ4n) is 11.7. The van der Waals surface area contributed by atoms with Crippen LogP contribution in [-0.2, 0) is 10.8 Å². The standard InChI is InChI=1S/C60H40N2S2/c1-59(2)50-34-38(29-32-45(50)57-46-21-9-15-27-55(46)64-58(57)59)61(40-28-31-44-43-20-8-14-26-54(43)63-56(44)36-40)39-30-33-53-51(35-39)60(47-22-10-6-18-41(47)42-19-7-11-23-48(42)60)49-24-12-13-25-52(49)62(53)37-16-4-3-5-17-37/h3-36H,1-2H3. The zero-order valence-electron chi connectivity index (χ0n) is 35.3. The third kappa shape index (κ3) is 4.74. The van der Waals surface area contributed by atoms with Gasteiger partial charge in [0.15, 0.2) is 0 Å². The van der Waals surface area contributed by atoms with Crippen molar-refractivity contribution in [2.24, 2.45) is 0 Å². The van der Waals surface area contributed by atoms with E-state index in [1.165, 1.54) is 96.6 Å². The summed E-state index contributed by atoms with van der Waals surface area (Å²) in [7, 11) is 0. The number of benzene rings is 9. The van der Waals surface area contributed by atoms with Crippen molar-refractivity contribution in [3.63, 3.8) is 0 Å². The molecule has 1 aliphatic heterocycles. The van der Waals surface area contributed by atoms with Crippen molar-refractivity contribution in [2.75, 3.05) is 9.80 Å². The van der Waals surface area contributed by atoms with Crippen LogP contribution < -0.4 is 9.80 Å². The van der Waals surface area contributed by atoms with Gasteiger partial charge in [-0.05, 0) is 117 Å². The van der Waals surface area contributed by atoms with Gasteiger partial charge in [0.05, 0.1) is 16.8 Å². The van der Waals surface area contributed by atoms with E-state index in [1.807, 2.05) is 22.7 Å². The molecule has 0 bridgehead atoms. The van der Waals surface area contributed by atoms with Crippen LogP contribution in [0.15, 0.2) is 206 Å². The molecule has 3 aliphatic rings. The third-order valence-electron chi connectivity index (χ3n) is 14.4. The maximum Gasteiger partial charge on any atom is 0.0755 e. The van der Waals surface area contributed by atoms with Crippen molar-refractivity contribution < 1.29 is 0 Å². The van der Waals surface area contributed by atoms with E-state index in [9.17, 15) is 0 Å². The molecule has 9 aromatic carbocycles. The van der Waals surface area contributed by atoms with Gasteiger partial charge in [-0.15, -0.1) is 22.7 Å². The summed E-state index contributed by atoms with van der Waals surface area (Å²) in [6.07, 6.45) is 0. The van der Waals surface area contributed by atoms with E-state index in [0.29, 0.717) is 0 Å². The predicted octanol–water partition coefficient (Wildman–Crippen LogP) is 17.2. The molecule has 2 aliphatic carbocycles. The zero-order chi connectivity index (χ0) is 42.3. The van der Waals surface area contributed by atoms with E-state index in [1.54, 1.807) is 0 Å². The van der Waals surface area contributed by atoms with E-state index in [0.717, 1.165) is 22.7 Å². The molecule has 0 atom stereocenters. The van der Waals surface area contributed by atoms with Crippen molar-refractivity contribution in [3.8, 4) is 22.3 Å². The van der Waals surface area contributed by atoms with Crippen LogP contribution >= 0.6 is 22.7 Å². The molecule has 64 heavy (non-hydrogen) atoms. The van der Waals surface area contributed by atoms with Gasteiger partial charge in [0.2, 0.25) is 0 Å². The maximum atomic E-state index is 2.53. The van der Waals surface area contributed by atoms with Gasteiger partial charge < -0.3 is 9.80 Å². The molecule has 2 nitrogen and oxygen atoms in total. The Morgan fingerprint density at radius 3 is 1.70 bits per heavy atom. The molecule has 2 aromatic heterocycles. The van der Waals surface area contributed by atoms with Crippen molar-refractivity contribution in [2.45, 2.75) is 24.7 Å². The Morgan fingerprint density at radius 1 is 0.391 bits per heavy atom. The van der Waals surface area contributed by atoms with Crippen LogP contribution in [0, 0.1) is 0 Å².